The van der Waals surface area contributed by atoms with E-state index < -0.39 is 5.60 Å². The average molecular weight is 482 g/mol. The van der Waals surface area contributed by atoms with E-state index in [-0.39, 0.29) is 30.6 Å². The number of nitrogens with zero attached hydrogens (tertiary/aromatic N) is 2. The van der Waals surface area contributed by atoms with Crippen molar-refractivity contribution in [3.63, 3.8) is 0 Å². The minimum atomic E-state index is -0.533. The Kier molecular flexibility index (Phi) is 8.34. The number of rotatable bonds is 6. The van der Waals surface area contributed by atoms with Gasteiger partial charge in [0.15, 0.2) is 0 Å². The third-order valence-corrected chi connectivity index (χ3v) is 6.43. The van der Waals surface area contributed by atoms with E-state index in [0.717, 1.165) is 38.6 Å². The zero-order chi connectivity index (χ0) is 24.2. The summed E-state index contributed by atoms with van der Waals surface area (Å²) in [7, 11) is 3.05. The maximum atomic E-state index is 13.0. The highest BCUT2D eigenvalue weighted by molar-refractivity contribution is 6.32. The molecule has 2 amide bonds. The van der Waals surface area contributed by atoms with Crippen LogP contribution in [-0.2, 0) is 9.53 Å². The molecule has 2 aliphatic rings. The van der Waals surface area contributed by atoms with E-state index in [0.29, 0.717) is 28.8 Å². The van der Waals surface area contributed by atoms with Gasteiger partial charge in [-0.25, -0.2) is 4.79 Å². The molecule has 1 N–H and O–H groups in total. The number of carbonyl (C=O) groups excluding carboxylic acids is 2. The molecule has 3 rings (SSSR count). The normalized spacial score (nSPS) is 21.6. The Balaban J connectivity index is 1.71. The Morgan fingerprint density at radius 3 is 2.39 bits per heavy atom. The molecule has 1 aromatic carbocycles. The standard InChI is InChI=1S/C24H36ClN3O5/c1-24(2,3)33-23(30)28-12-8-10-19(28)18-9-6-7-11-27(18)15-22(29)26-17-14-20(31-4)16(25)13-21(17)32-5/h13-14,18-19H,6-12,15H2,1-5H3,(H,26,29)/t18-,19-/m0/s1. The number of hydrogen-bond donors (Lipinski definition) is 1. The monoisotopic (exact) mass is 481 g/mol. The van der Waals surface area contributed by atoms with E-state index in [1.54, 1.807) is 12.1 Å². The number of piperidine rings is 1. The van der Waals surface area contributed by atoms with Gasteiger partial charge in [-0.2, -0.15) is 0 Å². The summed E-state index contributed by atoms with van der Waals surface area (Å²) < 4.78 is 16.3. The van der Waals surface area contributed by atoms with Crippen LogP contribution >= 0.6 is 11.6 Å². The fourth-order valence-electron chi connectivity index (χ4n) is 4.72. The van der Waals surface area contributed by atoms with Crippen LogP contribution in [0.2, 0.25) is 5.02 Å². The van der Waals surface area contributed by atoms with Crippen molar-refractivity contribution < 1.29 is 23.8 Å². The van der Waals surface area contributed by atoms with Gasteiger partial charge < -0.3 is 24.4 Å². The second-order valence-electron chi connectivity index (χ2n) is 9.65. The van der Waals surface area contributed by atoms with Gasteiger partial charge in [0.1, 0.15) is 17.1 Å². The summed E-state index contributed by atoms with van der Waals surface area (Å²) in [5.74, 6) is 0.783. The van der Waals surface area contributed by atoms with Crippen molar-refractivity contribution in [2.45, 2.75) is 70.6 Å². The molecule has 0 radical (unpaired) electrons. The topological polar surface area (TPSA) is 80.3 Å². The molecule has 2 heterocycles. The van der Waals surface area contributed by atoms with Crippen LogP contribution in [0.1, 0.15) is 52.9 Å². The number of carbonyl (C=O) groups is 2. The third kappa shape index (κ3) is 6.44. The first-order chi connectivity index (χ1) is 15.6. The highest BCUT2D eigenvalue weighted by atomic mass is 35.5. The van der Waals surface area contributed by atoms with Crippen LogP contribution in [0, 0.1) is 0 Å². The van der Waals surface area contributed by atoms with E-state index >= 15 is 0 Å². The van der Waals surface area contributed by atoms with Crippen LogP contribution in [0.5, 0.6) is 11.5 Å². The summed E-state index contributed by atoms with van der Waals surface area (Å²) >= 11 is 6.18. The number of anilines is 1. The Labute approximate surface area is 201 Å². The molecule has 2 atom stereocenters. The van der Waals surface area contributed by atoms with Gasteiger partial charge in [-0.15, -0.1) is 0 Å². The van der Waals surface area contributed by atoms with Gasteiger partial charge in [0.05, 0.1) is 37.5 Å². The molecule has 0 unspecified atom stereocenters. The number of methoxy groups -OCH3 is 2. The molecule has 2 aliphatic heterocycles. The lowest BCUT2D eigenvalue weighted by atomic mass is 9.94. The van der Waals surface area contributed by atoms with E-state index in [1.165, 1.54) is 14.2 Å². The smallest absolute Gasteiger partial charge is 0.410 e. The zero-order valence-corrected chi connectivity index (χ0v) is 21.0. The summed E-state index contributed by atoms with van der Waals surface area (Å²) in [4.78, 5) is 29.9. The summed E-state index contributed by atoms with van der Waals surface area (Å²) in [6, 6.07) is 3.46. The molecule has 9 heteroatoms. The molecule has 33 heavy (non-hydrogen) atoms. The fourth-order valence-corrected chi connectivity index (χ4v) is 4.95. The van der Waals surface area contributed by atoms with Crippen molar-refractivity contribution >= 4 is 29.3 Å². The Bertz CT molecular complexity index is 857. The molecule has 0 spiro atoms. The van der Waals surface area contributed by atoms with Gasteiger partial charge in [0, 0.05) is 24.7 Å². The van der Waals surface area contributed by atoms with Crippen molar-refractivity contribution in [1.82, 2.24) is 9.80 Å². The Hall–Kier alpha value is -2.19. The van der Waals surface area contributed by atoms with Crippen molar-refractivity contribution in [2.24, 2.45) is 0 Å². The van der Waals surface area contributed by atoms with Crippen LogP contribution in [0.15, 0.2) is 12.1 Å². The number of halogens is 1. The minimum Gasteiger partial charge on any atom is -0.495 e. The summed E-state index contributed by atoms with van der Waals surface area (Å²) in [5, 5.41) is 3.35. The maximum Gasteiger partial charge on any atom is 0.410 e. The quantitative estimate of drug-likeness (QED) is 0.642. The summed E-state index contributed by atoms with van der Waals surface area (Å²) in [6.07, 6.45) is 4.67. The molecule has 184 valence electrons. The van der Waals surface area contributed by atoms with Crippen LogP contribution in [-0.4, -0.2) is 73.3 Å². The van der Waals surface area contributed by atoms with Gasteiger partial charge >= 0.3 is 6.09 Å². The number of hydrogen-bond acceptors (Lipinski definition) is 6. The van der Waals surface area contributed by atoms with Crippen LogP contribution in [0.4, 0.5) is 10.5 Å². The highest BCUT2D eigenvalue weighted by Crippen LogP contribution is 2.36. The second kappa shape index (κ2) is 10.8. The predicted molar refractivity (Wildman–Crippen MR) is 128 cm³/mol. The van der Waals surface area contributed by atoms with Gasteiger partial charge in [-0.3, -0.25) is 9.69 Å². The van der Waals surface area contributed by atoms with Crippen molar-refractivity contribution in [1.29, 1.82) is 0 Å². The Morgan fingerprint density at radius 2 is 1.73 bits per heavy atom. The first kappa shape index (κ1) is 25.4. The van der Waals surface area contributed by atoms with E-state index in [9.17, 15) is 9.59 Å². The van der Waals surface area contributed by atoms with E-state index in [4.69, 9.17) is 25.8 Å². The van der Waals surface area contributed by atoms with Gasteiger partial charge in [-0.05, 0) is 53.0 Å². The third-order valence-electron chi connectivity index (χ3n) is 6.13. The lowest BCUT2D eigenvalue weighted by molar-refractivity contribution is -0.118. The SMILES string of the molecule is COc1cc(NC(=O)CN2CCCC[C@H]2[C@@H]2CCCN2C(=O)OC(C)(C)C)c(OC)cc1Cl. The maximum absolute atomic E-state index is 13.0. The van der Waals surface area contributed by atoms with Crippen LogP contribution < -0.4 is 14.8 Å². The van der Waals surface area contributed by atoms with Crippen molar-refractivity contribution in [3.05, 3.63) is 17.2 Å². The molecule has 0 aromatic heterocycles. The molecule has 0 aliphatic carbocycles. The predicted octanol–water partition coefficient (Wildman–Crippen LogP) is 4.55. The molecule has 0 bridgehead atoms. The first-order valence-electron chi connectivity index (χ1n) is 11.6. The molecule has 8 nitrogen and oxygen atoms in total. The molecule has 2 fully saturated rings. The highest BCUT2D eigenvalue weighted by Gasteiger charge is 2.40. The second-order valence-corrected chi connectivity index (χ2v) is 10.1. The number of likely N-dealkylation sites (tertiary alicyclic amines) is 2. The van der Waals surface area contributed by atoms with Crippen LogP contribution in [0.25, 0.3) is 0 Å². The van der Waals surface area contributed by atoms with Crippen molar-refractivity contribution in [2.75, 3.05) is 39.2 Å². The molecule has 2 saturated heterocycles. The van der Waals surface area contributed by atoms with Crippen molar-refractivity contribution in [3.8, 4) is 11.5 Å². The largest absolute Gasteiger partial charge is 0.495 e. The Morgan fingerprint density at radius 1 is 1.03 bits per heavy atom. The van der Waals surface area contributed by atoms with Gasteiger partial charge in [0.25, 0.3) is 0 Å². The lowest BCUT2D eigenvalue weighted by Gasteiger charge is -2.42. The molecule has 0 saturated carbocycles. The molecular formula is C24H36ClN3O5. The van der Waals surface area contributed by atoms with E-state index in [2.05, 4.69) is 10.2 Å². The average Bonchev–Trinajstić information content (AvgIpc) is 3.23. The molecular weight excluding hydrogens is 446 g/mol. The lowest BCUT2D eigenvalue weighted by Crippen LogP contribution is -2.55. The van der Waals surface area contributed by atoms with Gasteiger partial charge in [-0.1, -0.05) is 18.0 Å². The number of nitrogens with one attached hydrogen (secondary N) is 1. The summed E-state index contributed by atoms with van der Waals surface area (Å²) in [6.45, 7) is 7.39. The summed E-state index contributed by atoms with van der Waals surface area (Å²) in [5.41, 5.74) is -0.0248. The molecule has 1 aromatic rings. The minimum absolute atomic E-state index is 0.0538. The zero-order valence-electron chi connectivity index (χ0n) is 20.3. The van der Waals surface area contributed by atoms with Gasteiger partial charge in [0.2, 0.25) is 5.91 Å². The number of ether oxygens (including phenoxy) is 3. The number of amides is 2. The van der Waals surface area contributed by atoms with Crippen LogP contribution in [0.3, 0.4) is 0 Å². The van der Waals surface area contributed by atoms with E-state index in [1.807, 2.05) is 25.7 Å². The fraction of sp³-hybridized carbons (Fsp3) is 0.667. The first-order valence-corrected chi connectivity index (χ1v) is 12.0. The number of benzene rings is 1.